The Bertz CT molecular complexity index is 5130. The summed E-state index contributed by atoms with van der Waals surface area (Å²) in [5.74, 6) is -11.0. The molecule has 0 bridgehead atoms. The molecule has 0 aliphatic heterocycles. The van der Waals surface area contributed by atoms with Gasteiger partial charge in [0.2, 0.25) is 41.4 Å². The molecule has 9 aromatic carbocycles. The van der Waals surface area contributed by atoms with Gasteiger partial charge in [-0.3, -0.25) is 52.7 Å². The largest absolute Gasteiger partial charge is 0.488 e. The molecule has 0 fully saturated rings. The van der Waals surface area contributed by atoms with E-state index in [1.165, 1.54) is 6.92 Å². The maximum Gasteiger partial charge on any atom is 0.407 e. The summed E-state index contributed by atoms with van der Waals surface area (Å²) < 4.78 is 17.6. The van der Waals surface area contributed by atoms with E-state index in [9.17, 15) is 28.8 Å². The Morgan fingerprint density at radius 2 is 0.823 bits per heavy atom. The normalized spacial score (nSPS) is 13.6. The highest BCUT2D eigenvalue weighted by molar-refractivity contribution is 6.00. The second-order valence-electron chi connectivity index (χ2n) is 35.8. The molecule has 682 valence electrons. The molecule has 7 atom stereocenters. The van der Waals surface area contributed by atoms with E-state index < -0.39 is 187 Å². The van der Waals surface area contributed by atoms with Crippen LogP contribution in [0.25, 0.3) is 11.1 Å². The summed E-state index contributed by atoms with van der Waals surface area (Å²) in [7, 11) is 0. The third-order valence-corrected chi connectivity index (χ3v) is 23.0. The van der Waals surface area contributed by atoms with Crippen LogP contribution in [0.5, 0.6) is 5.75 Å². The van der Waals surface area contributed by atoms with Gasteiger partial charge in [0.15, 0.2) is 17.3 Å². The molecule has 24 heteroatoms. The number of benzene rings is 9. The van der Waals surface area contributed by atoms with Crippen molar-refractivity contribution in [3.63, 3.8) is 0 Å². The Hall–Kier alpha value is -13.5. The highest BCUT2D eigenvalue weighted by Gasteiger charge is 2.43. The van der Waals surface area contributed by atoms with E-state index in [1.807, 2.05) is 265 Å². The van der Waals surface area contributed by atoms with Crippen LogP contribution in [0.3, 0.4) is 0 Å². The van der Waals surface area contributed by atoms with Crippen LogP contribution >= 0.6 is 0 Å². The molecule has 0 spiro atoms. The lowest BCUT2D eigenvalue weighted by atomic mass is 9.76. The summed E-state index contributed by atoms with van der Waals surface area (Å²) in [6, 6.07) is 70.4. The van der Waals surface area contributed by atoms with Crippen LogP contribution in [-0.4, -0.2) is 131 Å². The monoisotopic (exact) mass is 1760 g/mol. The number of nitrogens with one attached hydrogen (secondary N) is 8. The van der Waals surface area contributed by atoms with Gasteiger partial charge >= 0.3 is 12.1 Å². The number of ether oxygens (including phenoxy) is 3. The SMILES string of the molecule is CC[C@H](C)[C@H](NC(=O)[C@H](Cc1ccc(OC(C)(C)C)cc1)NC(=O)CNC(=O)OCC1c2ccccc2-c2ccccc21)C(=O)N[C@@H](CCC(=O)NC(c1ccccc1)(c1ccccc1)c1ccccc1)C(=O)C[C@@H](CC(=O)NC(c1ccccc1)(c1ccccc1)c1ccccc1)C(=O)N[C@@H](CCC(=O)OC(C)(C)C)C(=O)CCC(=O)N[C@@H](CC(C)C)C(=O)CCC(C)=O. The number of fused-ring (bicyclic) bond motifs is 3. The minimum Gasteiger partial charge on any atom is -0.488 e. The smallest absolute Gasteiger partial charge is 0.407 e. The van der Waals surface area contributed by atoms with Crippen molar-refractivity contribution >= 4 is 76.5 Å². The molecule has 8 N–H and O–H groups in total. The van der Waals surface area contributed by atoms with Gasteiger partial charge in [0.1, 0.15) is 59.0 Å². The molecule has 130 heavy (non-hydrogen) atoms. The fraction of sp³-hybridized carbons (Fsp3) is 0.368. The van der Waals surface area contributed by atoms with E-state index in [-0.39, 0.29) is 62.1 Å². The highest BCUT2D eigenvalue weighted by Crippen LogP contribution is 2.45. The van der Waals surface area contributed by atoms with Gasteiger partial charge in [0, 0.05) is 63.7 Å². The Morgan fingerprint density at radius 3 is 1.28 bits per heavy atom. The van der Waals surface area contributed by atoms with E-state index in [2.05, 4.69) is 42.5 Å². The van der Waals surface area contributed by atoms with Crippen molar-refractivity contribution in [2.75, 3.05) is 13.2 Å². The molecule has 0 saturated heterocycles. The topological polar surface area (TPSA) is 346 Å². The number of amides is 8. The van der Waals surface area contributed by atoms with Crippen LogP contribution < -0.4 is 47.3 Å². The van der Waals surface area contributed by atoms with Crippen LogP contribution in [0, 0.1) is 17.8 Å². The average Bonchev–Trinajstić information content (AvgIpc) is 1.56. The summed E-state index contributed by atoms with van der Waals surface area (Å²) in [6.07, 6.45) is -5.28. The highest BCUT2D eigenvalue weighted by atomic mass is 16.6. The Kier molecular flexibility index (Phi) is 35.3. The minimum atomic E-state index is -1.76. The zero-order chi connectivity index (χ0) is 93.7. The van der Waals surface area contributed by atoms with E-state index >= 15 is 33.6 Å². The first-order valence-electron chi connectivity index (χ1n) is 44.7. The van der Waals surface area contributed by atoms with Crippen molar-refractivity contribution in [1.82, 2.24) is 42.5 Å². The van der Waals surface area contributed by atoms with E-state index in [0.29, 0.717) is 44.7 Å². The first-order valence-corrected chi connectivity index (χ1v) is 44.7. The summed E-state index contributed by atoms with van der Waals surface area (Å²) in [5.41, 5.74) is 3.91. The van der Waals surface area contributed by atoms with Crippen molar-refractivity contribution in [3.8, 4) is 16.9 Å². The molecular formula is C106H122N8O16. The number of hydrogen-bond donors (Lipinski definition) is 8. The van der Waals surface area contributed by atoms with Gasteiger partial charge in [-0.25, -0.2) is 4.79 Å². The zero-order valence-electron chi connectivity index (χ0n) is 76.1. The summed E-state index contributed by atoms with van der Waals surface area (Å²) >= 11 is 0. The second-order valence-corrected chi connectivity index (χ2v) is 35.8. The molecule has 10 rings (SSSR count). The fourth-order valence-corrected chi connectivity index (χ4v) is 16.5. The van der Waals surface area contributed by atoms with Gasteiger partial charge in [0.05, 0.1) is 24.0 Å². The predicted octanol–water partition coefficient (Wildman–Crippen LogP) is 14.8. The molecule has 0 radical (unpaired) electrons. The summed E-state index contributed by atoms with van der Waals surface area (Å²) in [6.45, 7) is 18.5. The average molecular weight is 1760 g/mol. The number of hydrogen-bond acceptors (Lipinski definition) is 16. The summed E-state index contributed by atoms with van der Waals surface area (Å²) in [4.78, 5) is 191. The number of rotatable bonds is 46. The lowest BCUT2D eigenvalue weighted by molar-refractivity contribution is -0.155. The van der Waals surface area contributed by atoms with E-state index in [0.717, 1.165) is 22.3 Å². The lowest BCUT2D eigenvalue weighted by Gasteiger charge is -2.37. The predicted molar refractivity (Wildman–Crippen MR) is 498 cm³/mol. The quantitative estimate of drug-likeness (QED) is 0.0130. The van der Waals surface area contributed by atoms with Gasteiger partial charge < -0.3 is 61.5 Å². The molecular weight excluding hydrogens is 1640 g/mol. The van der Waals surface area contributed by atoms with E-state index in [1.54, 1.807) is 58.9 Å². The molecule has 1 aliphatic rings. The fourth-order valence-electron chi connectivity index (χ4n) is 16.5. The van der Waals surface area contributed by atoms with Gasteiger partial charge in [-0.15, -0.1) is 0 Å². The minimum absolute atomic E-state index is 0.0396. The summed E-state index contributed by atoms with van der Waals surface area (Å²) in [5, 5.41) is 23.3. The number of Topliss-reactive ketones (excluding diaryl/α,β-unsaturated/α-hetero) is 4. The Morgan fingerprint density at radius 1 is 0.392 bits per heavy atom. The number of alkyl carbamates (subject to hydrolysis) is 1. The maximum atomic E-state index is 16.4. The molecule has 1 aliphatic carbocycles. The molecule has 0 unspecified atom stereocenters. The third kappa shape index (κ3) is 27.8. The van der Waals surface area contributed by atoms with Gasteiger partial charge in [-0.1, -0.05) is 277 Å². The number of carbonyl (C=O) groups excluding carboxylic acids is 13. The third-order valence-electron chi connectivity index (χ3n) is 23.0. The first-order chi connectivity index (χ1) is 62.1. The van der Waals surface area contributed by atoms with Crippen LogP contribution in [0.2, 0.25) is 0 Å². The Balaban J connectivity index is 1.02. The molecule has 0 aromatic heterocycles. The van der Waals surface area contributed by atoms with Crippen LogP contribution in [-0.2, 0) is 84.5 Å². The number of carbonyl (C=O) groups is 13. The number of esters is 1. The molecule has 24 nitrogen and oxygen atoms in total. The molecule has 0 saturated carbocycles. The van der Waals surface area contributed by atoms with Crippen LogP contribution in [0.1, 0.15) is 209 Å². The van der Waals surface area contributed by atoms with Gasteiger partial charge in [-0.2, -0.15) is 0 Å². The molecule has 8 amide bonds. The lowest BCUT2D eigenvalue weighted by Crippen LogP contribution is -2.58. The van der Waals surface area contributed by atoms with Gasteiger partial charge in [0.25, 0.3) is 0 Å². The molecule has 0 heterocycles. The van der Waals surface area contributed by atoms with Crippen LogP contribution in [0.4, 0.5) is 4.79 Å². The zero-order valence-corrected chi connectivity index (χ0v) is 76.1. The first kappa shape index (κ1) is 98.7. The standard InChI is InChI=1S/C106H122N8O16/c1-12-70(4)98(112-100(125)89(64-72-52-54-80(55-53-72)129-103(6,7)8)109-96(122)67-107-102(127)128-68-85-83-49-33-31-47-81(83)82-48-32-34-50-84(82)85)101(126)111-87(56-60-94(120)113-105(74-35-19-13-20-36-74,75-37-21-14-22-38-75)76-39-23-15-24-40-76)92(118)65-73(66-95(121)114-106(77-41-25-16-26-42-77,78-43-27-17-28-44-78)79-45-29-18-30-46-79)99(124)110-86(57-62-97(123)130-104(9,10)11)90(116)59-61-93(119)108-88(63-69(2)3)91(117)58-51-71(5)115/h13-50,52-55,69-70,73,85-89,98H,12,51,56-68H2,1-11H3,(H,107,127)(H,108,119)(H,109,122)(H,110,124)(H,111,126)(H,112,125)(H,113,120)(H,114,121)/t70-,73-,86-,87-,88-,89-,98-/m0/s1. The Labute approximate surface area is 762 Å². The van der Waals surface area contributed by atoms with Crippen LogP contribution in [0.15, 0.2) is 255 Å². The van der Waals surface area contributed by atoms with Gasteiger partial charge in [-0.05, 0) is 153 Å². The van der Waals surface area contributed by atoms with Crippen molar-refractivity contribution < 1.29 is 76.5 Å². The van der Waals surface area contributed by atoms with Crippen molar-refractivity contribution in [2.24, 2.45) is 17.8 Å². The number of ketones is 4. The molecule has 9 aromatic rings. The maximum absolute atomic E-state index is 16.4. The van der Waals surface area contributed by atoms with Crippen molar-refractivity contribution in [2.45, 2.75) is 218 Å². The van der Waals surface area contributed by atoms with Crippen molar-refractivity contribution in [3.05, 3.63) is 305 Å². The van der Waals surface area contributed by atoms with Crippen molar-refractivity contribution in [1.29, 1.82) is 0 Å². The second kappa shape index (κ2) is 46.5. The van der Waals surface area contributed by atoms with E-state index in [4.69, 9.17) is 14.2 Å².